The molecule has 2 aromatic carbocycles. The van der Waals surface area contributed by atoms with Gasteiger partial charge < -0.3 is 4.74 Å². The predicted molar refractivity (Wildman–Crippen MR) is 78.5 cm³/mol. The molecule has 0 fully saturated rings. The molecule has 0 amide bonds. The zero-order chi connectivity index (χ0) is 13.9. The van der Waals surface area contributed by atoms with E-state index in [9.17, 15) is 4.79 Å². The normalized spacial score (nSPS) is 10.4. The Morgan fingerprint density at radius 3 is 2.55 bits per heavy atom. The van der Waals surface area contributed by atoms with Crippen molar-refractivity contribution < 1.29 is 9.53 Å². The molecule has 98 valence electrons. The van der Waals surface area contributed by atoms with E-state index in [1.54, 1.807) is 12.3 Å². The van der Waals surface area contributed by atoms with Gasteiger partial charge in [0.2, 0.25) is 0 Å². The fourth-order valence-corrected chi connectivity index (χ4v) is 2.33. The third-order valence-corrected chi connectivity index (χ3v) is 3.26. The third-order valence-electron chi connectivity index (χ3n) is 3.26. The van der Waals surface area contributed by atoms with Crippen LogP contribution in [0, 0.1) is 0 Å². The van der Waals surface area contributed by atoms with Crippen LogP contribution in [0.15, 0.2) is 60.8 Å². The second kappa shape index (κ2) is 5.13. The average molecular weight is 263 g/mol. The van der Waals surface area contributed by atoms with Crippen LogP contribution in [0.1, 0.15) is 10.4 Å². The predicted octanol–water partition coefficient (Wildman–Crippen LogP) is 3.69. The third kappa shape index (κ3) is 2.03. The highest BCUT2D eigenvalue weighted by atomic mass is 16.5. The van der Waals surface area contributed by atoms with Crippen molar-refractivity contribution in [3.8, 4) is 11.1 Å². The molecule has 3 heteroatoms. The number of rotatable bonds is 2. The van der Waals surface area contributed by atoms with Crippen LogP contribution in [0.5, 0.6) is 0 Å². The minimum atomic E-state index is -0.339. The van der Waals surface area contributed by atoms with E-state index in [0.717, 1.165) is 22.0 Å². The van der Waals surface area contributed by atoms with Gasteiger partial charge in [-0.05, 0) is 17.7 Å². The summed E-state index contributed by atoms with van der Waals surface area (Å²) >= 11 is 0. The monoisotopic (exact) mass is 263 g/mol. The molecule has 0 radical (unpaired) electrons. The number of ether oxygens (including phenoxy) is 1. The molecule has 0 aliphatic heterocycles. The summed E-state index contributed by atoms with van der Waals surface area (Å²) in [5.74, 6) is -0.339. The van der Waals surface area contributed by atoms with Gasteiger partial charge in [0.15, 0.2) is 0 Å². The Labute approximate surface area is 116 Å². The van der Waals surface area contributed by atoms with Crippen molar-refractivity contribution in [1.29, 1.82) is 0 Å². The van der Waals surface area contributed by atoms with Crippen LogP contribution in [0.25, 0.3) is 22.0 Å². The summed E-state index contributed by atoms with van der Waals surface area (Å²) in [6, 6.07) is 17.3. The number of methoxy groups -OCH3 is 1. The van der Waals surface area contributed by atoms with Gasteiger partial charge in [-0.2, -0.15) is 0 Å². The Morgan fingerprint density at radius 1 is 0.950 bits per heavy atom. The van der Waals surface area contributed by atoms with Crippen molar-refractivity contribution in [3.63, 3.8) is 0 Å². The molecule has 0 unspecified atom stereocenters. The first-order valence-electron chi connectivity index (χ1n) is 6.33. The molecule has 3 nitrogen and oxygen atoms in total. The zero-order valence-electron chi connectivity index (χ0n) is 11.0. The number of esters is 1. The number of pyridine rings is 1. The Hall–Kier alpha value is -2.68. The average Bonchev–Trinajstić information content (AvgIpc) is 2.53. The van der Waals surface area contributed by atoms with Gasteiger partial charge in [-0.25, -0.2) is 4.79 Å². The van der Waals surface area contributed by atoms with E-state index in [1.807, 2.05) is 48.5 Å². The first-order valence-corrected chi connectivity index (χ1v) is 6.33. The van der Waals surface area contributed by atoms with Crippen LogP contribution >= 0.6 is 0 Å². The van der Waals surface area contributed by atoms with Crippen molar-refractivity contribution in [2.24, 2.45) is 0 Å². The number of fused-ring (bicyclic) bond motifs is 1. The Kier molecular flexibility index (Phi) is 3.17. The Morgan fingerprint density at radius 2 is 1.70 bits per heavy atom. The number of aromatic nitrogens is 1. The molecule has 20 heavy (non-hydrogen) atoms. The van der Waals surface area contributed by atoms with E-state index >= 15 is 0 Å². The number of benzene rings is 2. The summed E-state index contributed by atoms with van der Waals surface area (Å²) in [4.78, 5) is 16.3. The lowest BCUT2D eigenvalue weighted by Gasteiger charge is -2.10. The van der Waals surface area contributed by atoms with Crippen molar-refractivity contribution in [2.75, 3.05) is 7.11 Å². The Balaban J connectivity index is 2.29. The zero-order valence-corrected chi connectivity index (χ0v) is 11.0. The second-order valence-corrected chi connectivity index (χ2v) is 4.42. The standard InChI is InChI=1S/C17H13NO2/c1-20-17(19)15-9-3-2-8-13(15)14-10-4-6-12-7-5-11-18-16(12)14/h2-11H,1H3. The van der Waals surface area contributed by atoms with Crippen LogP contribution in [-0.4, -0.2) is 18.1 Å². The summed E-state index contributed by atoms with van der Waals surface area (Å²) in [5.41, 5.74) is 3.20. The van der Waals surface area contributed by atoms with Gasteiger partial charge in [0.25, 0.3) is 0 Å². The SMILES string of the molecule is COC(=O)c1ccccc1-c1cccc2cccnc12. The number of nitrogens with zero attached hydrogens (tertiary/aromatic N) is 1. The maximum absolute atomic E-state index is 11.9. The van der Waals surface area contributed by atoms with Crippen LogP contribution in [-0.2, 0) is 4.74 Å². The summed E-state index contributed by atoms with van der Waals surface area (Å²) in [6.07, 6.45) is 1.76. The van der Waals surface area contributed by atoms with Gasteiger partial charge in [0.1, 0.15) is 0 Å². The number of para-hydroxylation sites is 1. The molecular weight excluding hydrogens is 250 g/mol. The molecule has 0 bridgehead atoms. The molecule has 0 saturated carbocycles. The Bertz CT molecular complexity index is 775. The lowest BCUT2D eigenvalue weighted by molar-refractivity contribution is 0.0601. The smallest absolute Gasteiger partial charge is 0.338 e. The van der Waals surface area contributed by atoms with E-state index in [0.29, 0.717) is 5.56 Å². The van der Waals surface area contributed by atoms with Crippen LogP contribution in [0.4, 0.5) is 0 Å². The largest absolute Gasteiger partial charge is 0.465 e. The summed E-state index contributed by atoms with van der Waals surface area (Å²) in [7, 11) is 1.39. The van der Waals surface area contributed by atoms with Crippen molar-refractivity contribution in [1.82, 2.24) is 4.98 Å². The molecular formula is C17H13NO2. The fourth-order valence-electron chi connectivity index (χ4n) is 2.33. The van der Waals surface area contributed by atoms with Gasteiger partial charge in [0.05, 0.1) is 18.2 Å². The van der Waals surface area contributed by atoms with E-state index < -0.39 is 0 Å². The number of carbonyl (C=O) groups is 1. The fraction of sp³-hybridized carbons (Fsp3) is 0.0588. The van der Waals surface area contributed by atoms with Crippen LogP contribution in [0.3, 0.4) is 0 Å². The highest BCUT2D eigenvalue weighted by Gasteiger charge is 2.14. The quantitative estimate of drug-likeness (QED) is 0.662. The second-order valence-electron chi connectivity index (χ2n) is 4.42. The maximum atomic E-state index is 11.9. The van der Waals surface area contributed by atoms with Crippen molar-refractivity contribution in [2.45, 2.75) is 0 Å². The minimum absolute atomic E-state index is 0.339. The lowest BCUT2D eigenvalue weighted by Crippen LogP contribution is -2.03. The van der Waals surface area contributed by atoms with E-state index in [-0.39, 0.29) is 5.97 Å². The first-order chi connectivity index (χ1) is 9.81. The lowest BCUT2D eigenvalue weighted by atomic mass is 9.97. The summed E-state index contributed by atoms with van der Waals surface area (Å²) in [5, 5.41) is 1.05. The molecule has 0 spiro atoms. The molecule has 0 saturated heterocycles. The van der Waals surface area contributed by atoms with E-state index in [4.69, 9.17) is 4.74 Å². The molecule has 0 aliphatic carbocycles. The molecule has 0 aliphatic rings. The van der Waals surface area contributed by atoms with E-state index in [2.05, 4.69) is 4.98 Å². The number of hydrogen-bond acceptors (Lipinski definition) is 3. The van der Waals surface area contributed by atoms with Gasteiger partial charge in [-0.15, -0.1) is 0 Å². The van der Waals surface area contributed by atoms with Crippen LogP contribution in [0.2, 0.25) is 0 Å². The molecule has 0 N–H and O–H groups in total. The molecule has 3 rings (SSSR count). The topological polar surface area (TPSA) is 39.2 Å². The molecule has 1 aromatic heterocycles. The van der Waals surface area contributed by atoms with E-state index in [1.165, 1.54) is 7.11 Å². The minimum Gasteiger partial charge on any atom is -0.465 e. The number of hydrogen-bond donors (Lipinski definition) is 0. The highest BCUT2D eigenvalue weighted by Crippen LogP contribution is 2.29. The number of carbonyl (C=O) groups excluding carboxylic acids is 1. The van der Waals surface area contributed by atoms with Crippen LogP contribution < -0.4 is 0 Å². The maximum Gasteiger partial charge on any atom is 0.338 e. The van der Waals surface area contributed by atoms with Gasteiger partial charge in [-0.3, -0.25) is 4.98 Å². The van der Waals surface area contributed by atoms with Gasteiger partial charge >= 0.3 is 5.97 Å². The highest BCUT2D eigenvalue weighted by molar-refractivity contribution is 6.02. The van der Waals surface area contributed by atoms with Crippen molar-refractivity contribution >= 4 is 16.9 Å². The molecule has 3 aromatic rings. The van der Waals surface area contributed by atoms with Gasteiger partial charge in [0, 0.05) is 17.1 Å². The summed E-state index contributed by atoms with van der Waals surface area (Å²) < 4.78 is 4.85. The first kappa shape index (κ1) is 12.4. The molecule has 1 heterocycles. The molecule has 0 atom stereocenters. The van der Waals surface area contributed by atoms with Gasteiger partial charge in [-0.1, -0.05) is 42.5 Å². The van der Waals surface area contributed by atoms with Crippen molar-refractivity contribution in [3.05, 3.63) is 66.4 Å². The summed E-state index contributed by atoms with van der Waals surface area (Å²) in [6.45, 7) is 0.